The first-order valence-electron chi connectivity index (χ1n) is 6.76. The summed E-state index contributed by atoms with van der Waals surface area (Å²) in [5.74, 6) is -0.181. The summed E-state index contributed by atoms with van der Waals surface area (Å²) in [5.41, 5.74) is 1.17. The molecule has 0 heterocycles. The molecule has 0 amide bonds. The van der Waals surface area contributed by atoms with Gasteiger partial charge in [0.1, 0.15) is 0 Å². The van der Waals surface area contributed by atoms with E-state index in [4.69, 9.17) is 4.74 Å². The Morgan fingerprint density at radius 1 is 1.20 bits per heavy atom. The maximum atomic E-state index is 11.2. The molecular weight excluding hydrogens is 254 g/mol. The van der Waals surface area contributed by atoms with E-state index in [1.165, 1.54) is 12.7 Å². The van der Waals surface area contributed by atoms with E-state index >= 15 is 0 Å². The second-order valence-corrected chi connectivity index (χ2v) is 4.43. The van der Waals surface area contributed by atoms with Gasteiger partial charge in [-0.3, -0.25) is 9.69 Å². The summed E-state index contributed by atoms with van der Waals surface area (Å²) < 4.78 is 9.75. The van der Waals surface area contributed by atoms with Crippen LogP contribution in [0.2, 0.25) is 0 Å². The minimum atomic E-state index is -0.181. The Kier molecular flexibility index (Phi) is 8.35. The molecule has 1 rings (SSSR count). The molecule has 0 spiro atoms. The molecule has 4 nitrogen and oxygen atoms in total. The Morgan fingerprint density at radius 2 is 1.95 bits per heavy atom. The maximum absolute atomic E-state index is 11.2. The monoisotopic (exact) mass is 277 g/mol. The van der Waals surface area contributed by atoms with Crippen molar-refractivity contribution >= 4 is 12.0 Å². The molecule has 0 bridgehead atoms. The van der Waals surface area contributed by atoms with Crippen molar-refractivity contribution in [1.82, 2.24) is 4.90 Å². The highest BCUT2D eigenvalue weighted by molar-refractivity contribution is 5.69. The molecule has 0 aliphatic rings. The van der Waals surface area contributed by atoms with Gasteiger partial charge in [-0.15, -0.1) is 0 Å². The second-order valence-electron chi connectivity index (χ2n) is 4.43. The molecule has 0 atom stereocenters. The third kappa shape index (κ3) is 7.07. The van der Waals surface area contributed by atoms with Gasteiger partial charge >= 0.3 is 5.97 Å². The number of benzene rings is 1. The predicted molar refractivity (Wildman–Crippen MR) is 80.4 cm³/mol. The highest BCUT2D eigenvalue weighted by Crippen LogP contribution is 2.02. The molecule has 0 aliphatic heterocycles. The number of hydrogen-bond donors (Lipinski definition) is 0. The van der Waals surface area contributed by atoms with Crippen molar-refractivity contribution in [3.63, 3.8) is 0 Å². The minimum Gasteiger partial charge on any atom is -0.469 e. The average molecular weight is 277 g/mol. The Morgan fingerprint density at radius 3 is 2.60 bits per heavy atom. The molecule has 0 saturated heterocycles. The number of hydrogen-bond acceptors (Lipinski definition) is 4. The smallest absolute Gasteiger partial charge is 0.306 e. The van der Waals surface area contributed by atoms with Gasteiger partial charge in [0.2, 0.25) is 0 Å². The summed E-state index contributed by atoms with van der Waals surface area (Å²) in [5, 5.41) is 0. The predicted octanol–water partition coefficient (Wildman–Crippen LogP) is 2.21. The Hall–Kier alpha value is -1.65. The van der Waals surface area contributed by atoms with Gasteiger partial charge in [-0.25, -0.2) is 0 Å². The Balaban J connectivity index is 2.42. The Bertz CT molecular complexity index is 403. The number of rotatable bonds is 9. The van der Waals surface area contributed by atoms with Crippen LogP contribution in [0.5, 0.6) is 0 Å². The topological polar surface area (TPSA) is 38.8 Å². The SMILES string of the molecule is COCCN(C/C=C/c1ccccc1)CCC(=O)OC. The molecule has 1 aromatic carbocycles. The lowest BCUT2D eigenvalue weighted by atomic mass is 10.2. The quantitative estimate of drug-likeness (QED) is 0.649. The van der Waals surface area contributed by atoms with Gasteiger partial charge in [-0.2, -0.15) is 0 Å². The van der Waals surface area contributed by atoms with E-state index in [9.17, 15) is 4.79 Å². The van der Waals surface area contributed by atoms with Crippen LogP contribution in [-0.2, 0) is 14.3 Å². The molecule has 1 aromatic rings. The van der Waals surface area contributed by atoms with Crippen molar-refractivity contribution < 1.29 is 14.3 Å². The van der Waals surface area contributed by atoms with Crippen LogP contribution in [0, 0.1) is 0 Å². The van der Waals surface area contributed by atoms with Crippen LogP contribution in [-0.4, -0.2) is 51.3 Å². The van der Waals surface area contributed by atoms with Crippen LogP contribution in [0.3, 0.4) is 0 Å². The summed E-state index contributed by atoms with van der Waals surface area (Å²) in [4.78, 5) is 13.4. The zero-order valence-corrected chi connectivity index (χ0v) is 12.2. The van der Waals surface area contributed by atoms with Crippen LogP contribution in [0.1, 0.15) is 12.0 Å². The lowest BCUT2D eigenvalue weighted by molar-refractivity contribution is -0.141. The molecule has 110 valence electrons. The summed E-state index contributed by atoms with van der Waals surface area (Å²) in [7, 11) is 3.09. The summed E-state index contributed by atoms with van der Waals surface area (Å²) in [6.07, 6.45) is 4.58. The van der Waals surface area contributed by atoms with Crippen LogP contribution in [0.4, 0.5) is 0 Å². The van der Waals surface area contributed by atoms with Gasteiger partial charge in [0.25, 0.3) is 0 Å². The third-order valence-electron chi connectivity index (χ3n) is 2.94. The molecule has 0 N–H and O–H groups in total. The van der Waals surface area contributed by atoms with Gasteiger partial charge in [0.15, 0.2) is 0 Å². The van der Waals surface area contributed by atoms with E-state index in [1.807, 2.05) is 18.2 Å². The molecule has 0 unspecified atom stereocenters. The lowest BCUT2D eigenvalue weighted by Gasteiger charge is -2.19. The fraction of sp³-hybridized carbons (Fsp3) is 0.438. The molecule has 0 aromatic heterocycles. The molecule has 20 heavy (non-hydrogen) atoms. The summed E-state index contributed by atoms with van der Waals surface area (Å²) >= 11 is 0. The van der Waals surface area contributed by atoms with Crippen molar-refractivity contribution in [2.24, 2.45) is 0 Å². The summed E-state index contributed by atoms with van der Waals surface area (Å²) in [6, 6.07) is 10.1. The normalized spacial score (nSPS) is 11.2. The molecule has 0 fully saturated rings. The maximum Gasteiger partial charge on any atom is 0.306 e. The van der Waals surface area contributed by atoms with Gasteiger partial charge in [0.05, 0.1) is 20.1 Å². The molecule has 0 saturated carbocycles. The first-order valence-corrected chi connectivity index (χ1v) is 6.76. The number of esters is 1. The minimum absolute atomic E-state index is 0.181. The highest BCUT2D eigenvalue weighted by Gasteiger charge is 2.06. The number of methoxy groups -OCH3 is 2. The molecule has 4 heteroatoms. The van der Waals surface area contributed by atoms with Crippen LogP contribution in [0.15, 0.2) is 36.4 Å². The highest BCUT2D eigenvalue weighted by atomic mass is 16.5. The van der Waals surface area contributed by atoms with Crippen molar-refractivity contribution in [2.45, 2.75) is 6.42 Å². The van der Waals surface area contributed by atoms with Crippen molar-refractivity contribution in [3.8, 4) is 0 Å². The van der Waals surface area contributed by atoms with E-state index in [1.54, 1.807) is 7.11 Å². The van der Waals surface area contributed by atoms with Gasteiger partial charge in [-0.1, -0.05) is 42.5 Å². The Labute approximate surface area is 121 Å². The van der Waals surface area contributed by atoms with E-state index in [-0.39, 0.29) is 5.97 Å². The van der Waals surface area contributed by atoms with Crippen molar-refractivity contribution in [1.29, 1.82) is 0 Å². The molecular formula is C16H23NO3. The standard InChI is InChI=1S/C16H23NO3/c1-19-14-13-17(12-10-16(18)20-2)11-6-9-15-7-4-3-5-8-15/h3-9H,10-14H2,1-2H3/b9-6+. The zero-order chi connectivity index (χ0) is 14.6. The third-order valence-corrected chi connectivity index (χ3v) is 2.94. The van der Waals surface area contributed by atoms with E-state index in [0.717, 1.165) is 13.1 Å². The van der Waals surface area contributed by atoms with Crippen molar-refractivity contribution in [3.05, 3.63) is 42.0 Å². The average Bonchev–Trinajstić information content (AvgIpc) is 2.50. The summed E-state index contributed by atoms with van der Waals surface area (Å²) in [6.45, 7) is 2.91. The first kappa shape index (κ1) is 16.4. The van der Waals surface area contributed by atoms with E-state index in [0.29, 0.717) is 19.6 Å². The molecule has 0 aliphatic carbocycles. The lowest BCUT2D eigenvalue weighted by Crippen LogP contribution is -2.30. The van der Waals surface area contributed by atoms with Gasteiger partial charge < -0.3 is 9.47 Å². The van der Waals surface area contributed by atoms with Crippen LogP contribution in [0.25, 0.3) is 6.08 Å². The zero-order valence-electron chi connectivity index (χ0n) is 12.2. The molecule has 0 radical (unpaired) electrons. The largest absolute Gasteiger partial charge is 0.469 e. The van der Waals surface area contributed by atoms with Crippen molar-refractivity contribution in [2.75, 3.05) is 40.5 Å². The second kappa shape index (κ2) is 10.2. The first-order chi connectivity index (χ1) is 9.76. The fourth-order valence-electron chi connectivity index (χ4n) is 1.77. The fourth-order valence-corrected chi connectivity index (χ4v) is 1.77. The number of ether oxygens (including phenoxy) is 2. The number of carbonyl (C=O) groups is 1. The van der Waals surface area contributed by atoms with Crippen LogP contribution >= 0.6 is 0 Å². The van der Waals surface area contributed by atoms with Crippen LogP contribution < -0.4 is 0 Å². The van der Waals surface area contributed by atoms with E-state index < -0.39 is 0 Å². The van der Waals surface area contributed by atoms with Gasteiger partial charge in [0, 0.05) is 26.7 Å². The number of carbonyl (C=O) groups excluding carboxylic acids is 1. The van der Waals surface area contributed by atoms with E-state index in [2.05, 4.69) is 33.9 Å². The number of nitrogens with zero attached hydrogens (tertiary/aromatic N) is 1. The van der Waals surface area contributed by atoms with Gasteiger partial charge in [-0.05, 0) is 5.56 Å².